The summed E-state index contributed by atoms with van der Waals surface area (Å²) in [5.41, 5.74) is 4.40. The molecule has 0 saturated heterocycles. The first-order chi connectivity index (χ1) is 7.91. The number of thiocarbonyl (C=S) groups is 2. The van der Waals surface area contributed by atoms with Gasteiger partial charge in [0.1, 0.15) is 5.75 Å². The van der Waals surface area contributed by atoms with Crippen molar-refractivity contribution in [3.05, 3.63) is 29.3 Å². The average Bonchev–Trinajstić information content (AvgIpc) is 2.19. The Kier molecular flexibility index (Phi) is 14.2. The van der Waals surface area contributed by atoms with Gasteiger partial charge in [-0.2, -0.15) is 0 Å². The molecule has 1 aromatic carbocycles. The molecule has 0 bridgehead atoms. The van der Waals surface area contributed by atoms with Crippen molar-refractivity contribution in [3.63, 3.8) is 0 Å². The molecule has 0 heterocycles. The van der Waals surface area contributed by atoms with E-state index < -0.39 is 5.17 Å². The third-order valence-electron chi connectivity index (χ3n) is 1.28. The van der Waals surface area contributed by atoms with Crippen molar-refractivity contribution < 1.29 is 14.9 Å². The van der Waals surface area contributed by atoms with Crippen LogP contribution in [0, 0.1) is 0 Å². The van der Waals surface area contributed by atoms with E-state index in [9.17, 15) is 0 Å². The molecule has 0 fully saturated rings. The molecule has 9 heteroatoms. The Morgan fingerprint density at radius 2 is 1.72 bits per heavy atom. The summed E-state index contributed by atoms with van der Waals surface area (Å²) in [6.45, 7) is 0.136. The second kappa shape index (κ2) is 12.4. The van der Waals surface area contributed by atoms with Crippen molar-refractivity contribution in [1.82, 2.24) is 5.32 Å². The predicted octanol–water partition coefficient (Wildman–Crippen LogP) is 1.25. The summed E-state index contributed by atoms with van der Waals surface area (Å²) in [7, 11) is 0. The molecule has 0 saturated carbocycles. The van der Waals surface area contributed by atoms with Gasteiger partial charge >= 0.3 is 51.4 Å². The summed E-state index contributed by atoms with van der Waals surface area (Å²) >= 11 is 13.9. The van der Waals surface area contributed by atoms with Gasteiger partial charge in [-0.3, -0.25) is 0 Å². The van der Waals surface area contributed by atoms with Crippen LogP contribution in [0.15, 0.2) is 24.3 Å². The van der Waals surface area contributed by atoms with Crippen molar-refractivity contribution >= 4 is 97.8 Å². The van der Waals surface area contributed by atoms with Gasteiger partial charge in [0.2, 0.25) is 0 Å². The van der Waals surface area contributed by atoms with E-state index in [-0.39, 0.29) is 63.3 Å². The van der Waals surface area contributed by atoms with Crippen molar-refractivity contribution in [2.75, 3.05) is 6.73 Å². The fraction of sp³-hybridized carbons (Fsp3) is 0.111. The van der Waals surface area contributed by atoms with Gasteiger partial charge < -0.3 is 26.0 Å². The van der Waals surface area contributed by atoms with Crippen LogP contribution in [0.1, 0.15) is 0 Å². The number of ether oxygens (including phenoxy) is 1. The van der Waals surface area contributed by atoms with Crippen LogP contribution in [0.2, 0.25) is 5.02 Å². The molecule has 0 aromatic heterocycles. The first-order valence-electron chi connectivity index (χ1n) is 4.25. The topological polar surface area (TPSA) is 87.7 Å². The van der Waals surface area contributed by atoms with Crippen LogP contribution in [-0.2, 0) is 0 Å². The number of hydrogen-bond donors (Lipinski definition) is 4. The van der Waals surface area contributed by atoms with Gasteiger partial charge in [0.05, 0.1) is 0 Å². The van der Waals surface area contributed by atoms with Crippen LogP contribution in [0.25, 0.3) is 0 Å². The molecule has 0 spiro atoms. The van der Waals surface area contributed by atoms with Crippen LogP contribution in [0.4, 0.5) is 0 Å². The number of rotatable bonds is 3. The van der Waals surface area contributed by atoms with Gasteiger partial charge in [0.25, 0.3) is 10.3 Å². The molecule has 0 amide bonds. The summed E-state index contributed by atoms with van der Waals surface area (Å²) < 4.78 is 5.15. The number of benzene rings is 1. The Hall–Kier alpha value is 0.326. The zero-order chi connectivity index (χ0) is 13.3. The summed E-state index contributed by atoms with van der Waals surface area (Å²) in [6.07, 6.45) is 0. The fourth-order valence-corrected chi connectivity index (χ4v) is 0.897. The van der Waals surface area contributed by atoms with E-state index >= 15 is 0 Å². The molecule has 0 aliphatic heterocycles. The Labute approximate surface area is 163 Å². The number of aliphatic hydroxyl groups is 2. The van der Waals surface area contributed by atoms with Gasteiger partial charge in [-0.1, -0.05) is 11.6 Å². The quantitative estimate of drug-likeness (QED) is 0.376. The van der Waals surface area contributed by atoms with Crippen LogP contribution >= 0.6 is 36.0 Å². The molecule has 5 N–H and O–H groups in total. The normalized spacial score (nSPS) is 8.06. The van der Waals surface area contributed by atoms with Crippen LogP contribution in [0.5, 0.6) is 5.75 Å². The minimum atomic E-state index is -0.500. The number of nitrogens with two attached hydrogens (primary N) is 1. The van der Waals surface area contributed by atoms with Crippen molar-refractivity contribution in [2.24, 2.45) is 5.73 Å². The van der Waals surface area contributed by atoms with E-state index in [1.54, 1.807) is 24.3 Å². The monoisotopic (exact) mass is 334 g/mol. The third kappa shape index (κ3) is 14.4. The van der Waals surface area contributed by atoms with E-state index in [4.69, 9.17) is 26.6 Å². The van der Waals surface area contributed by atoms with Crippen LogP contribution < -0.4 is 15.8 Å². The Bertz CT molecular complexity index is 375. The number of hydrogen-bond acceptors (Lipinski definition) is 3. The van der Waals surface area contributed by atoms with E-state index in [1.165, 1.54) is 0 Å². The third-order valence-corrected chi connectivity index (χ3v) is 1.67. The Morgan fingerprint density at radius 1 is 1.28 bits per heavy atom. The standard InChI is InChI=1S/C8H8ClNO2S.CH3NOS.K.H/c9-6-1-3-7(4-2-6)12-5-10-8(11)13;2-1(3)4;;/h1-4H,5H2,(H2,10,11,13);(H3,2,3,4);;. The molecular formula is C9H12ClKN2O3S2. The zero-order valence-electron chi connectivity index (χ0n) is 8.59. The molecule has 0 atom stereocenters. The van der Waals surface area contributed by atoms with Gasteiger partial charge in [-0.15, -0.1) is 0 Å². The average molecular weight is 335 g/mol. The van der Waals surface area contributed by atoms with Crippen molar-refractivity contribution in [1.29, 1.82) is 0 Å². The van der Waals surface area contributed by atoms with E-state index in [1.807, 2.05) is 0 Å². The summed E-state index contributed by atoms with van der Waals surface area (Å²) in [5, 5.41) is 18.5. The first-order valence-corrected chi connectivity index (χ1v) is 5.45. The molecule has 18 heavy (non-hydrogen) atoms. The zero-order valence-corrected chi connectivity index (χ0v) is 11.0. The summed E-state index contributed by atoms with van der Waals surface area (Å²) in [5.74, 6) is 0.660. The molecule has 0 aliphatic carbocycles. The second-order valence-electron chi connectivity index (χ2n) is 2.56. The maximum atomic E-state index is 8.59. The molecule has 1 rings (SSSR count). The maximum absolute atomic E-state index is 8.59. The van der Waals surface area contributed by atoms with Gasteiger partial charge in [0, 0.05) is 5.02 Å². The second-order valence-corrected chi connectivity index (χ2v) is 3.80. The van der Waals surface area contributed by atoms with E-state index in [0.29, 0.717) is 10.8 Å². The van der Waals surface area contributed by atoms with Crippen molar-refractivity contribution in [2.45, 2.75) is 0 Å². The fourth-order valence-electron chi connectivity index (χ4n) is 0.712. The molecule has 0 aliphatic rings. The molecule has 5 nitrogen and oxygen atoms in total. The first kappa shape index (κ1) is 20.6. The predicted molar refractivity (Wildman–Crippen MR) is 81.9 cm³/mol. The van der Waals surface area contributed by atoms with Crippen molar-refractivity contribution in [3.8, 4) is 5.75 Å². The van der Waals surface area contributed by atoms with E-state index in [0.717, 1.165) is 0 Å². The van der Waals surface area contributed by atoms with Gasteiger partial charge in [0.15, 0.2) is 6.73 Å². The van der Waals surface area contributed by atoms with E-state index in [2.05, 4.69) is 35.5 Å². The van der Waals surface area contributed by atoms with Crippen LogP contribution in [-0.4, -0.2) is 78.7 Å². The molecule has 0 radical (unpaired) electrons. The Balaban J connectivity index is 0. The minimum absolute atomic E-state index is 0. The number of nitrogens with one attached hydrogen (secondary N) is 1. The molecule has 0 unspecified atom stereocenters. The number of aliphatic hydroxyl groups excluding tert-OH is 2. The molecule has 96 valence electrons. The molecule has 1 aromatic rings. The van der Waals surface area contributed by atoms with Crippen LogP contribution in [0.3, 0.4) is 0 Å². The number of halogens is 1. The van der Waals surface area contributed by atoms with Gasteiger partial charge in [-0.05, 0) is 48.7 Å². The molecular weight excluding hydrogens is 323 g/mol. The summed E-state index contributed by atoms with van der Waals surface area (Å²) in [4.78, 5) is 0. The summed E-state index contributed by atoms with van der Waals surface area (Å²) in [6, 6.07) is 6.89. The Morgan fingerprint density at radius 3 is 2.11 bits per heavy atom. The van der Waals surface area contributed by atoms with Gasteiger partial charge in [-0.25, -0.2) is 0 Å². The SMILES string of the molecule is NC(O)=S.OC(=S)NCOc1ccc(Cl)cc1.[KH].